The minimum Gasteiger partial charge on any atom is -0.494 e. The molecule has 0 atom stereocenters. The Morgan fingerprint density at radius 1 is 0.938 bits per heavy atom. The monoisotopic (exact) mass is 648 g/mol. The summed E-state index contributed by atoms with van der Waals surface area (Å²) in [6, 6.07) is 9.17. The Bertz CT molecular complexity index is 1740. The number of nitrogens with one attached hydrogen (secondary N) is 3. The van der Waals surface area contributed by atoms with Crippen LogP contribution in [-0.4, -0.2) is 96.3 Å². The van der Waals surface area contributed by atoms with E-state index in [-0.39, 0.29) is 0 Å². The van der Waals surface area contributed by atoms with Crippen molar-refractivity contribution in [3.8, 4) is 5.75 Å². The fraction of sp³-hybridized carbons (Fsp3) is 0.459. The lowest BCUT2D eigenvalue weighted by Gasteiger charge is -2.43. The number of aromatic nitrogens is 4. The van der Waals surface area contributed by atoms with Gasteiger partial charge in [0.1, 0.15) is 11.6 Å². The highest BCUT2D eigenvalue weighted by molar-refractivity contribution is 5.85. The van der Waals surface area contributed by atoms with Gasteiger partial charge in [-0.15, -0.1) is 0 Å². The van der Waals surface area contributed by atoms with E-state index in [0.717, 1.165) is 64.7 Å². The normalized spacial score (nSPS) is 17.9. The van der Waals surface area contributed by atoms with Gasteiger partial charge in [0, 0.05) is 99.0 Å². The minimum absolute atomic E-state index is 0.482. The van der Waals surface area contributed by atoms with Crippen molar-refractivity contribution in [2.45, 2.75) is 44.7 Å². The van der Waals surface area contributed by atoms with Gasteiger partial charge < -0.3 is 30.5 Å². The van der Waals surface area contributed by atoms with E-state index < -0.39 is 0 Å². The molecule has 11 heteroatoms. The van der Waals surface area contributed by atoms with E-state index in [9.17, 15) is 0 Å². The Morgan fingerprint density at radius 3 is 2.46 bits per heavy atom. The van der Waals surface area contributed by atoms with Crippen LogP contribution >= 0.6 is 0 Å². The third-order valence-corrected chi connectivity index (χ3v) is 10.1. The van der Waals surface area contributed by atoms with Crippen LogP contribution in [0.5, 0.6) is 5.75 Å². The molecule has 2 aliphatic heterocycles. The Morgan fingerprint density at radius 2 is 1.73 bits per heavy atom. The first-order valence-electron chi connectivity index (χ1n) is 17.3. The van der Waals surface area contributed by atoms with Crippen molar-refractivity contribution in [1.29, 1.82) is 0 Å². The average molecular weight is 649 g/mol. The number of benzene rings is 2. The summed E-state index contributed by atoms with van der Waals surface area (Å²) in [7, 11) is 5.90. The zero-order valence-electron chi connectivity index (χ0n) is 28.5. The predicted molar refractivity (Wildman–Crippen MR) is 195 cm³/mol. The molecule has 2 aromatic heterocycles. The zero-order chi connectivity index (χ0) is 33.0. The number of fused-ring (bicyclic) bond motifs is 1. The summed E-state index contributed by atoms with van der Waals surface area (Å²) in [6.07, 6.45) is 13.1. The Hall–Kier alpha value is -4.32. The molecule has 7 rings (SSSR count). The number of anilines is 5. The number of hydrogen-bond donors (Lipinski definition) is 3. The molecule has 0 spiro atoms. The fourth-order valence-corrected chi connectivity index (χ4v) is 7.15. The van der Waals surface area contributed by atoms with Crippen LogP contribution in [0.3, 0.4) is 0 Å². The third-order valence-electron chi connectivity index (χ3n) is 10.1. The van der Waals surface area contributed by atoms with Crippen LogP contribution in [0.4, 0.5) is 28.8 Å². The highest BCUT2D eigenvalue weighted by Gasteiger charge is 2.30. The number of hydrogen-bond acceptors (Lipinski definition) is 11. The molecule has 0 unspecified atom stereocenters. The maximum atomic E-state index is 6.00. The van der Waals surface area contributed by atoms with E-state index in [4.69, 9.17) is 9.72 Å². The van der Waals surface area contributed by atoms with E-state index >= 15 is 0 Å². The maximum Gasteiger partial charge on any atom is 0.229 e. The lowest BCUT2D eigenvalue weighted by atomic mass is 9.98. The van der Waals surface area contributed by atoms with Crippen LogP contribution in [0.15, 0.2) is 49.4 Å². The van der Waals surface area contributed by atoms with Gasteiger partial charge in [-0.25, -0.2) is 4.98 Å². The number of rotatable bonds is 12. The van der Waals surface area contributed by atoms with Gasteiger partial charge in [-0.3, -0.25) is 14.9 Å². The van der Waals surface area contributed by atoms with Crippen molar-refractivity contribution < 1.29 is 4.74 Å². The van der Waals surface area contributed by atoms with Gasteiger partial charge in [-0.2, -0.15) is 4.98 Å². The van der Waals surface area contributed by atoms with Gasteiger partial charge in [-0.1, -0.05) is 12.7 Å². The van der Waals surface area contributed by atoms with Crippen molar-refractivity contribution in [2.24, 2.45) is 5.92 Å². The van der Waals surface area contributed by atoms with Gasteiger partial charge in [0.25, 0.3) is 0 Å². The molecule has 4 heterocycles. The van der Waals surface area contributed by atoms with Crippen LogP contribution in [-0.2, 0) is 13.0 Å². The molecule has 252 valence electrons. The summed E-state index contributed by atoms with van der Waals surface area (Å²) in [5.74, 6) is 2.68. The molecule has 3 N–H and O–H groups in total. The molecule has 0 amide bonds. The lowest BCUT2D eigenvalue weighted by Crippen LogP contribution is -2.52. The molecule has 1 saturated carbocycles. The summed E-state index contributed by atoms with van der Waals surface area (Å²) < 4.78 is 6.00. The van der Waals surface area contributed by atoms with Gasteiger partial charge in [0.05, 0.1) is 23.8 Å². The maximum absolute atomic E-state index is 6.00. The quantitative estimate of drug-likeness (QED) is 0.183. The second-order valence-corrected chi connectivity index (χ2v) is 13.4. The predicted octanol–water partition coefficient (Wildman–Crippen LogP) is 5.45. The zero-order valence-corrected chi connectivity index (χ0v) is 28.5. The molecule has 3 aliphatic rings. The van der Waals surface area contributed by atoms with Crippen molar-refractivity contribution in [3.05, 3.63) is 66.1 Å². The van der Waals surface area contributed by atoms with Crippen LogP contribution in [0.1, 0.15) is 42.4 Å². The number of likely N-dealkylation sites (N-methyl/N-ethyl adjacent to an activating group) is 1. The average Bonchev–Trinajstić information content (AvgIpc) is 3.94. The van der Waals surface area contributed by atoms with E-state index in [2.05, 4.69) is 71.4 Å². The van der Waals surface area contributed by atoms with Crippen LogP contribution in [0.25, 0.3) is 17.1 Å². The fourth-order valence-electron chi connectivity index (χ4n) is 7.15. The number of piperazine rings is 1. The van der Waals surface area contributed by atoms with E-state index in [1.54, 1.807) is 31.8 Å². The summed E-state index contributed by atoms with van der Waals surface area (Å²) in [6.45, 7) is 11.5. The molecule has 0 radical (unpaired) electrons. The lowest BCUT2D eigenvalue weighted by molar-refractivity contribution is 0.0982. The molecule has 48 heavy (non-hydrogen) atoms. The van der Waals surface area contributed by atoms with Gasteiger partial charge in [-0.05, 0) is 75.9 Å². The van der Waals surface area contributed by atoms with E-state index in [1.807, 2.05) is 19.2 Å². The minimum atomic E-state index is 0.482. The molecular weight excluding hydrogens is 600 g/mol. The second kappa shape index (κ2) is 14.4. The SMILES string of the molecule is C=Cc1cnc(Nc2cc(CC3CC3)c(N3CCC(N4CCN(C)CC4)CC3)cc2OC)nc1Nc1ccc2nccnc2c1CNC. The second-order valence-electron chi connectivity index (χ2n) is 13.4. The van der Waals surface area contributed by atoms with Crippen LogP contribution < -0.4 is 25.6 Å². The Kier molecular flexibility index (Phi) is 9.69. The first kappa shape index (κ1) is 32.2. The molecule has 11 nitrogen and oxygen atoms in total. The number of methoxy groups -OCH3 is 1. The first-order valence-corrected chi connectivity index (χ1v) is 17.3. The smallest absolute Gasteiger partial charge is 0.229 e. The van der Waals surface area contributed by atoms with E-state index in [0.29, 0.717) is 24.4 Å². The molecular formula is C37H48N10O. The number of piperidine rings is 1. The Labute approximate surface area is 283 Å². The first-order chi connectivity index (χ1) is 23.5. The molecule has 3 fully saturated rings. The summed E-state index contributed by atoms with van der Waals surface area (Å²) in [4.78, 5) is 26.4. The molecule has 0 bridgehead atoms. The molecule has 2 aromatic carbocycles. The van der Waals surface area contributed by atoms with Crippen molar-refractivity contribution in [1.82, 2.24) is 35.1 Å². The van der Waals surface area contributed by atoms with Crippen molar-refractivity contribution in [2.75, 3.05) is 76.0 Å². The number of nitrogens with zero attached hydrogens (tertiary/aromatic N) is 7. The van der Waals surface area contributed by atoms with E-state index in [1.165, 1.54) is 63.1 Å². The molecule has 1 aliphatic carbocycles. The van der Waals surface area contributed by atoms with Crippen molar-refractivity contribution in [3.63, 3.8) is 0 Å². The number of ether oxygens (including phenoxy) is 1. The topological polar surface area (TPSA) is 107 Å². The molecule has 4 aromatic rings. The summed E-state index contributed by atoms with van der Waals surface area (Å²) in [5, 5.41) is 10.3. The summed E-state index contributed by atoms with van der Waals surface area (Å²) >= 11 is 0. The molecule has 2 saturated heterocycles. The van der Waals surface area contributed by atoms with Gasteiger partial charge in [0.15, 0.2) is 0 Å². The highest BCUT2D eigenvalue weighted by Crippen LogP contribution is 2.41. The third kappa shape index (κ3) is 7.08. The summed E-state index contributed by atoms with van der Waals surface area (Å²) in [5.41, 5.74) is 7.96. The van der Waals surface area contributed by atoms with Crippen molar-refractivity contribution >= 4 is 45.9 Å². The standard InChI is InChI=1S/C37H48N10O/c1-5-26-23-41-37(44-36(26)42-30-8-9-31-35(29(30)24-38-2)40-13-12-39-31)43-32-21-27(20-25-6-7-25)33(22-34(32)48-4)47-14-10-28(11-15-47)46-18-16-45(3)17-19-46/h5,8-9,12-13,21-23,25,28,38H,1,6-7,10-11,14-20,24H2,2-4H3,(H2,41,42,43,44). The van der Waals surface area contributed by atoms with Gasteiger partial charge >= 0.3 is 0 Å². The van der Waals surface area contributed by atoms with Crippen LogP contribution in [0.2, 0.25) is 0 Å². The highest BCUT2D eigenvalue weighted by atomic mass is 16.5. The Balaban J connectivity index is 1.14. The van der Waals surface area contributed by atoms with Gasteiger partial charge in [0.2, 0.25) is 5.95 Å². The largest absolute Gasteiger partial charge is 0.494 e. The van der Waals surface area contributed by atoms with Crippen LogP contribution in [0, 0.1) is 5.92 Å².